The molecule has 2 aromatic rings. The summed E-state index contributed by atoms with van der Waals surface area (Å²) in [5, 5.41) is 2.86. The van der Waals surface area contributed by atoms with Gasteiger partial charge in [-0.3, -0.25) is 4.79 Å². The Hall–Kier alpha value is -2.53. The second-order valence-electron chi connectivity index (χ2n) is 5.57. The third-order valence-corrected chi connectivity index (χ3v) is 3.44. The second kappa shape index (κ2) is 8.36. The molecule has 0 radical (unpaired) electrons. The zero-order valence-corrected chi connectivity index (χ0v) is 14.5. The van der Waals surface area contributed by atoms with E-state index in [0.717, 1.165) is 5.56 Å². The average Bonchev–Trinajstić information content (AvgIpc) is 2.59. The monoisotopic (exact) mass is 329 g/mol. The molecule has 0 aliphatic rings. The van der Waals surface area contributed by atoms with Gasteiger partial charge in [-0.15, -0.1) is 0 Å². The Morgan fingerprint density at radius 1 is 1.08 bits per heavy atom. The first-order valence-electron chi connectivity index (χ1n) is 7.77. The fraction of sp³-hybridized carbons (Fsp3) is 0.316. The second-order valence-corrected chi connectivity index (χ2v) is 5.57. The Morgan fingerprint density at radius 2 is 1.88 bits per heavy atom. The van der Waals surface area contributed by atoms with Gasteiger partial charge in [0.05, 0.1) is 26.9 Å². The summed E-state index contributed by atoms with van der Waals surface area (Å²) in [6.07, 6.45) is 0.101. The van der Waals surface area contributed by atoms with Crippen molar-refractivity contribution in [3.05, 3.63) is 53.6 Å². The van der Waals surface area contributed by atoms with E-state index in [-0.39, 0.29) is 12.0 Å². The predicted octanol–water partition coefficient (Wildman–Crippen LogP) is 3.88. The van der Waals surface area contributed by atoms with Gasteiger partial charge in [0.1, 0.15) is 11.5 Å². The molecule has 1 amide bonds. The van der Waals surface area contributed by atoms with Gasteiger partial charge in [-0.2, -0.15) is 0 Å². The molecule has 24 heavy (non-hydrogen) atoms. The van der Waals surface area contributed by atoms with Gasteiger partial charge in [0.25, 0.3) is 5.91 Å². The lowest BCUT2D eigenvalue weighted by atomic mass is 10.1. The number of hydrogen-bond donors (Lipinski definition) is 1. The Balaban J connectivity index is 2.17. The first-order chi connectivity index (χ1) is 11.5. The van der Waals surface area contributed by atoms with E-state index in [1.807, 2.05) is 32.0 Å². The normalized spacial score (nSPS) is 10.5. The smallest absolute Gasteiger partial charge is 0.255 e. The molecule has 0 aliphatic carbocycles. The molecule has 2 aromatic carbocycles. The number of carbonyl (C=O) groups excluding carboxylic acids is 1. The van der Waals surface area contributed by atoms with Crippen molar-refractivity contribution in [2.24, 2.45) is 0 Å². The fourth-order valence-corrected chi connectivity index (χ4v) is 2.19. The summed E-state index contributed by atoms with van der Waals surface area (Å²) in [5.74, 6) is 1.19. The number of nitrogens with one attached hydrogen (secondary N) is 1. The third kappa shape index (κ3) is 4.73. The molecular weight excluding hydrogens is 306 g/mol. The molecule has 0 saturated heterocycles. The summed E-state index contributed by atoms with van der Waals surface area (Å²) in [4.78, 5) is 12.5. The van der Waals surface area contributed by atoms with Crippen LogP contribution >= 0.6 is 0 Å². The topological polar surface area (TPSA) is 56.8 Å². The van der Waals surface area contributed by atoms with Gasteiger partial charge >= 0.3 is 0 Å². The van der Waals surface area contributed by atoms with E-state index < -0.39 is 0 Å². The molecule has 5 heteroatoms. The van der Waals surface area contributed by atoms with Crippen LogP contribution < -0.4 is 14.8 Å². The van der Waals surface area contributed by atoms with Crippen molar-refractivity contribution < 1.29 is 19.0 Å². The lowest BCUT2D eigenvalue weighted by Gasteiger charge is -2.13. The molecule has 5 nitrogen and oxygen atoms in total. The fourth-order valence-electron chi connectivity index (χ4n) is 2.19. The Labute approximate surface area is 142 Å². The minimum Gasteiger partial charge on any atom is -0.497 e. The summed E-state index contributed by atoms with van der Waals surface area (Å²) >= 11 is 0. The molecule has 2 rings (SSSR count). The van der Waals surface area contributed by atoms with Crippen LogP contribution in [0.1, 0.15) is 29.8 Å². The van der Waals surface area contributed by atoms with E-state index >= 15 is 0 Å². The molecule has 0 aromatic heterocycles. The highest BCUT2D eigenvalue weighted by molar-refractivity contribution is 6.04. The quantitative estimate of drug-likeness (QED) is 0.837. The van der Waals surface area contributed by atoms with Gasteiger partial charge in [0, 0.05) is 22.9 Å². The predicted molar refractivity (Wildman–Crippen MR) is 93.9 cm³/mol. The molecule has 0 spiro atoms. The van der Waals surface area contributed by atoms with Gasteiger partial charge in [-0.1, -0.05) is 6.07 Å². The lowest BCUT2D eigenvalue weighted by molar-refractivity contribution is 0.0644. The van der Waals surface area contributed by atoms with E-state index in [0.29, 0.717) is 29.4 Å². The zero-order chi connectivity index (χ0) is 17.5. The first kappa shape index (κ1) is 17.8. The van der Waals surface area contributed by atoms with Gasteiger partial charge in [-0.05, 0) is 44.2 Å². The molecular formula is C19H23NO4. The molecule has 0 saturated carbocycles. The van der Waals surface area contributed by atoms with Crippen molar-refractivity contribution in [2.45, 2.75) is 26.6 Å². The van der Waals surface area contributed by atoms with Crippen molar-refractivity contribution in [3.8, 4) is 11.5 Å². The number of ether oxygens (including phenoxy) is 3. The van der Waals surface area contributed by atoms with Crippen molar-refractivity contribution in [1.82, 2.24) is 0 Å². The summed E-state index contributed by atoms with van der Waals surface area (Å²) < 4.78 is 16.1. The largest absolute Gasteiger partial charge is 0.497 e. The van der Waals surface area contributed by atoms with Crippen LogP contribution in [0.25, 0.3) is 0 Å². The highest BCUT2D eigenvalue weighted by atomic mass is 16.5. The number of benzene rings is 2. The Bertz CT molecular complexity index is 698. The maximum absolute atomic E-state index is 12.5. The molecule has 0 atom stereocenters. The van der Waals surface area contributed by atoms with Crippen molar-refractivity contribution >= 4 is 11.6 Å². The van der Waals surface area contributed by atoms with E-state index in [4.69, 9.17) is 14.2 Å². The van der Waals surface area contributed by atoms with Gasteiger partial charge in [0.15, 0.2) is 0 Å². The van der Waals surface area contributed by atoms with Crippen LogP contribution in [0.2, 0.25) is 0 Å². The highest BCUT2D eigenvalue weighted by Crippen LogP contribution is 2.23. The first-order valence-corrected chi connectivity index (χ1v) is 7.77. The summed E-state index contributed by atoms with van der Waals surface area (Å²) in [6, 6.07) is 12.5. The lowest BCUT2D eigenvalue weighted by Crippen LogP contribution is -2.13. The maximum Gasteiger partial charge on any atom is 0.255 e. The van der Waals surface area contributed by atoms with Gasteiger partial charge < -0.3 is 19.5 Å². The van der Waals surface area contributed by atoms with E-state index in [1.54, 1.807) is 38.5 Å². The van der Waals surface area contributed by atoms with Crippen LogP contribution in [0.5, 0.6) is 11.5 Å². The van der Waals surface area contributed by atoms with Crippen LogP contribution in [0, 0.1) is 0 Å². The van der Waals surface area contributed by atoms with Crippen molar-refractivity contribution in [3.63, 3.8) is 0 Å². The highest BCUT2D eigenvalue weighted by Gasteiger charge is 2.11. The van der Waals surface area contributed by atoms with Crippen LogP contribution in [0.15, 0.2) is 42.5 Å². The number of methoxy groups -OCH3 is 2. The maximum atomic E-state index is 12.5. The number of anilines is 1. The molecule has 0 bridgehead atoms. The zero-order valence-electron chi connectivity index (χ0n) is 14.5. The Kier molecular flexibility index (Phi) is 6.21. The minimum absolute atomic E-state index is 0.101. The van der Waals surface area contributed by atoms with Crippen LogP contribution in [0.3, 0.4) is 0 Å². The molecule has 0 heterocycles. The molecule has 0 unspecified atom stereocenters. The van der Waals surface area contributed by atoms with Crippen molar-refractivity contribution in [2.75, 3.05) is 19.5 Å². The standard InChI is InChI=1S/C19H23NO4/c1-13(2)24-12-15-10-14(8-9-18(15)23-4)19(21)20-16-6-5-7-17(11-16)22-3/h5-11,13H,12H2,1-4H3,(H,20,21). The Morgan fingerprint density at radius 3 is 2.54 bits per heavy atom. The number of hydrogen-bond acceptors (Lipinski definition) is 4. The molecule has 0 aliphatic heterocycles. The molecule has 128 valence electrons. The van der Waals surface area contributed by atoms with E-state index in [1.165, 1.54) is 0 Å². The van der Waals surface area contributed by atoms with Crippen LogP contribution in [-0.2, 0) is 11.3 Å². The van der Waals surface area contributed by atoms with Crippen molar-refractivity contribution in [1.29, 1.82) is 0 Å². The van der Waals surface area contributed by atoms with E-state index in [9.17, 15) is 4.79 Å². The van der Waals surface area contributed by atoms with Crippen LogP contribution in [0.4, 0.5) is 5.69 Å². The summed E-state index contributed by atoms with van der Waals surface area (Å²) in [6.45, 7) is 4.32. The van der Waals surface area contributed by atoms with Gasteiger partial charge in [-0.25, -0.2) is 0 Å². The van der Waals surface area contributed by atoms with Gasteiger partial charge in [0.2, 0.25) is 0 Å². The number of carbonyl (C=O) groups is 1. The number of amides is 1. The van der Waals surface area contributed by atoms with E-state index in [2.05, 4.69) is 5.32 Å². The SMILES string of the molecule is COc1cccc(NC(=O)c2ccc(OC)c(COC(C)C)c2)c1. The summed E-state index contributed by atoms with van der Waals surface area (Å²) in [5.41, 5.74) is 2.06. The minimum atomic E-state index is -0.197. The summed E-state index contributed by atoms with van der Waals surface area (Å²) in [7, 11) is 3.19. The van der Waals surface area contributed by atoms with Crippen LogP contribution in [-0.4, -0.2) is 26.2 Å². The number of rotatable bonds is 7. The average molecular weight is 329 g/mol. The molecule has 0 fully saturated rings. The third-order valence-electron chi connectivity index (χ3n) is 3.44. The molecule has 1 N–H and O–H groups in total.